The predicted molar refractivity (Wildman–Crippen MR) is 97.1 cm³/mol. The number of ether oxygens (including phenoxy) is 1. The fourth-order valence-electron chi connectivity index (χ4n) is 1.95. The number of hydrogen-bond donors (Lipinski definition) is 2. The molecule has 24 heavy (non-hydrogen) atoms. The van der Waals surface area contributed by atoms with Crippen LogP contribution in [0.4, 0.5) is 5.69 Å². The van der Waals surface area contributed by atoms with Crippen molar-refractivity contribution >= 4 is 28.9 Å². The molecule has 1 amide bonds. The Morgan fingerprint density at radius 3 is 2.79 bits per heavy atom. The first-order valence-electron chi connectivity index (χ1n) is 7.47. The summed E-state index contributed by atoms with van der Waals surface area (Å²) in [5.41, 5.74) is 1.60. The molecule has 122 valence electrons. The second kappa shape index (κ2) is 8.65. The van der Waals surface area contributed by atoms with Crippen LogP contribution in [0.1, 0.15) is 29.3 Å². The Labute approximate surface area is 146 Å². The number of thiocarbonyl (C=S) groups is 1. The van der Waals surface area contributed by atoms with E-state index in [0.717, 1.165) is 6.42 Å². The summed E-state index contributed by atoms with van der Waals surface area (Å²) in [6, 6.07) is 15.8. The van der Waals surface area contributed by atoms with Crippen molar-refractivity contribution < 1.29 is 9.53 Å². The van der Waals surface area contributed by atoms with Gasteiger partial charge in [-0.3, -0.25) is 10.1 Å². The zero-order valence-corrected chi connectivity index (χ0v) is 14.0. The van der Waals surface area contributed by atoms with Gasteiger partial charge in [-0.05, 0) is 55.0 Å². The van der Waals surface area contributed by atoms with E-state index in [2.05, 4.69) is 10.6 Å². The molecule has 0 aliphatic heterocycles. The highest BCUT2D eigenvalue weighted by Crippen LogP contribution is 2.14. The normalized spacial score (nSPS) is 9.67. The third kappa shape index (κ3) is 5.07. The molecule has 0 fully saturated rings. The number of carbonyl (C=O) groups is 1. The Balaban J connectivity index is 1.98. The summed E-state index contributed by atoms with van der Waals surface area (Å²) in [5.74, 6) is 0.316. The van der Waals surface area contributed by atoms with Gasteiger partial charge >= 0.3 is 0 Å². The van der Waals surface area contributed by atoms with Crippen LogP contribution < -0.4 is 15.4 Å². The van der Waals surface area contributed by atoms with Crippen molar-refractivity contribution in [1.82, 2.24) is 5.32 Å². The molecule has 2 aromatic rings. The maximum Gasteiger partial charge on any atom is 0.257 e. The summed E-state index contributed by atoms with van der Waals surface area (Å²) in [6.07, 6.45) is 0.895. The average molecular weight is 339 g/mol. The molecule has 0 atom stereocenters. The fraction of sp³-hybridized carbons (Fsp3) is 0.167. The van der Waals surface area contributed by atoms with E-state index in [0.29, 0.717) is 29.2 Å². The lowest BCUT2D eigenvalue weighted by molar-refractivity contribution is 0.0977. The maximum absolute atomic E-state index is 12.2. The molecular formula is C18H17N3O2S. The maximum atomic E-state index is 12.2. The van der Waals surface area contributed by atoms with E-state index in [1.54, 1.807) is 48.5 Å². The molecule has 0 unspecified atom stereocenters. The van der Waals surface area contributed by atoms with Gasteiger partial charge in [0, 0.05) is 11.3 Å². The number of nitriles is 1. The summed E-state index contributed by atoms with van der Waals surface area (Å²) >= 11 is 5.14. The van der Waals surface area contributed by atoms with E-state index in [1.807, 2.05) is 13.0 Å². The Hall–Kier alpha value is -2.91. The first-order valence-corrected chi connectivity index (χ1v) is 7.88. The number of carbonyl (C=O) groups excluding carboxylic acids is 1. The molecule has 0 saturated carbocycles. The molecule has 2 aromatic carbocycles. The van der Waals surface area contributed by atoms with Crippen molar-refractivity contribution in [2.45, 2.75) is 13.3 Å². The van der Waals surface area contributed by atoms with Gasteiger partial charge in [-0.25, -0.2) is 0 Å². The van der Waals surface area contributed by atoms with E-state index in [4.69, 9.17) is 22.2 Å². The van der Waals surface area contributed by atoms with Gasteiger partial charge in [0.1, 0.15) is 5.75 Å². The second-order valence-corrected chi connectivity index (χ2v) is 5.39. The Morgan fingerprint density at radius 1 is 1.25 bits per heavy atom. The largest absolute Gasteiger partial charge is 0.494 e. The molecule has 0 radical (unpaired) electrons. The molecule has 0 aliphatic carbocycles. The van der Waals surface area contributed by atoms with Gasteiger partial charge in [0.2, 0.25) is 0 Å². The second-order valence-electron chi connectivity index (χ2n) is 4.98. The highest BCUT2D eigenvalue weighted by molar-refractivity contribution is 7.80. The fourth-order valence-corrected chi connectivity index (χ4v) is 2.16. The molecule has 2 rings (SSSR count). The SMILES string of the molecule is CCCOc1cccc(C(=O)NC(=S)Nc2cccc(C#N)c2)c1. The van der Waals surface area contributed by atoms with Gasteiger partial charge in [0.25, 0.3) is 5.91 Å². The molecule has 0 bridgehead atoms. The first-order chi connectivity index (χ1) is 11.6. The topological polar surface area (TPSA) is 74.2 Å². The summed E-state index contributed by atoms with van der Waals surface area (Å²) in [4.78, 5) is 12.2. The Kier molecular flexibility index (Phi) is 6.29. The van der Waals surface area contributed by atoms with Gasteiger partial charge in [0.15, 0.2) is 5.11 Å². The van der Waals surface area contributed by atoms with Crippen LogP contribution in [0.5, 0.6) is 5.75 Å². The minimum absolute atomic E-state index is 0.162. The van der Waals surface area contributed by atoms with E-state index < -0.39 is 0 Å². The molecule has 5 nitrogen and oxygen atoms in total. The van der Waals surface area contributed by atoms with Crippen molar-refractivity contribution in [2.75, 3.05) is 11.9 Å². The Morgan fingerprint density at radius 2 is 2.04 bits per heavy atom. The summed E-state index contributed by atoms with van der Waals surface area (Å²) in [6.45, 7) is 2.61. The molecule has 0 saturated heterocycles. The molecule has 0 aromatic heterocycles. The van der Waals surface area contributed by atoms with Crippen LogP contribution in [0.3, 0.4) is 0 Å². The number of nitrogens with zero attached hydrogens (tertiary/aromatic N) is 1. The third-order valence-corrected chi connectivity index (χ3v) is 3.25. The molecule has 0 aliphatic rings. The highest BCUT2D eigenvalue weighted by atomic mass is 32.1. The summed E-state index contributed by atoms with van der Waals surface area (Å²) < 4.78 is 5.51. The lowest BCUT2D eigenvalue weighted by atomic mass is 10.2. The third-order valence-electron chi connectivity index (χ3n) is 3.05. The summed E-state index contributed by atoms with van der Waals surface area (Å²) in [7, 11) is 0. The predicted octanol–water partition coefficient (Wildman–Crippen LogP) is 3.47. The molecular weight excluding hydrogens is 322 g/mol. The zero-order chi connectivity index (χ0) is 17.4. The van der Waals surface area contributed by atoms with Gasteiger partial charge in [-0.15, -0.1) is 0 Å². The summed E-state index contributed by atoms with van der Waals surface area (Å²) in [5, 5.41) is 14.5. The lowest BCUT2D eigenvalue weighted by Gasteiger charge is -2.11. The number of nitrogens with one attached hydrogen (secondary N) is 2. The molecule has 6 heteroatoms. The number of anilines is 1. The van der Waals surface area contributed by atoms with E-state index in [-0.39, 0.29) is 11.0 Å². The van der Waals surface area contributed by atoms with Crippen molar-refractivity contribution in [3.8, 4) is 11.8 Å². The monoisotopic (exact) mass is 339 g/mol. The van der Waals surface area contributed by atoms with Crippen LogP contribution in [0.15, 0.2) is 48.5 Å². The van der Waals surface area contributed by atoms with Gasteiger partial charge in [-0.1, -0.05) is 19.1 Å². The van der Waals surface area contributed by atoms with Crippen LogP contribution in [-0.4, -0.2) is 17.6 Å². The van der Waals surface area contributed by atoms with E-state index in [9.17, 15) is 4.79 Å². The van der Waals surface area contributed by atoms with Gasteiger partial charge in [0.05, 0.1) is 18.2 Å². The van der Waals surface area contributed by atoms with Crippen LogP contribution in [0.2, 0.25) is 0 Å². The van der Waals surface area contributed by atoms with Gasteiger partial charge in [-0.2, -0.15) is 5.26 Å². The number of amides is 1. The lowest BCUT2D eigenvalue weighted by Crippen LogP contribution is -2.34. The minimum atomic E-state index is -0.328. The Bertz CT molecular complexity index is 784. The number of benzene rings is 2. The number of hydrogen-bond acceptors (Lipinski definition) is 4. The van der Waals surface area contributed by atoms with Crippen molar-refractivity contribution in [2.24, 2.45) is 0 Å². The minimum Gasteiger partial charge on any atom is -0.494 e. The zero-order valence-electron chi connectivity index (χ0n) is 13.2. The molecule has 2 N–H and O–H groups in total. The number of rotatable bonds is 5. The first kappa shape index (κ1) is 17.4. The van der Waals surface area contributed by atoms with Crippen LogP contribution in [0.25, 0.3) is 0 Å². The van der Waals surface area contributed by atoms with E-state index >= 15 is 0 Å². The van der Waals surface area contributed by atoms with E-state index in [1.165, 1.54) is 0 Å². The van der Waals surface area contributed by atoms with Crippen molar-refractivity contribution in [3.63, 3.8) is 0 Å². The standard InChI is InChI=1S/C18H17N3O2S/c1-2-9-23-16-8-4-6-14(11-16)17(22)21-18(24)20-15-7-3-5-13(10-15)12-19/h3-8,10-11H,2,9H2,1H3,(H2,20,21,22,24). The van der Waals surface area contributed by atoms with Crippen LogP contribution >= 0.6 is 12.2 Å². The van der Waals surface area contributed by atoms with Crippen LogP contribution in [-0.2, 0) is 0 Å². The average Bonchev–Trinajstić information content (AvgIpc) is 2.60. The smallest absolute Gasteiger partial charge is 0.257 e. The van der Waals surface area contributed by atoms with Crippen LogP contribution in [0, 0.1) is 11.3 Å². The highest BCUT2D eigenvalue weighted by Gasteiger charge is 2.09. The quantitative estimate of drug-likeness (QED) is 0.816. The van der Waals surface area contributed by atoms with Gasteiger partial charge < -0.3 is 10.1 Å². The van der Waals surface area contributed by atoms with Crippen molar-refractivity contribution in [1.29, 1.82) is 5.26 Å². The molecule has 0 spiro atoms. The molecule has 0 heterocycles. The van der Waals surface area contributed by atoms with Crippen molar-refractivity contribution in [3.05, 3.63) is 59.7 Å².